The molecule has 2 aliphatic heterocycles. The Balaban J connectivity index is 1.28. The van der Waals surface area contributed by atoms with Crippen molar-refractivity contribution in [3.63, 3.8) is 0 Å². The van der Waals surface area contributed by atoms with Crippen LogP contribution in [-0.4, -0.2) is 35.4 Å². The van der Waals surface area contributed by atoms with Crippen LogP contribution in [0.3, 0.4) is 0 Å². The maximum Gasteiger partial charge on any atom is 0.120 e. The van der Waals surface area contributed by atoms with Crippen LogP contribution in [0, 0.1) is 0 Å². The Morgan fingerprint density at radius 3 is 2.79 bits per heavy atom. The molecule has 4 nitrogen and oxygen atoms in total. The van der Waals surface area contributed by atoms with Crippen LogP contribution in [0.1, 0.15) is 24.0 Å². The zero-order valence-electron chi connectivity index (χ0n) is 16.1. The first-order valence-corrected chi connectivity index (χ1v) is 10.8. The van der Waals surface area contributed by atoms with Crippen LogP contribution in [0.15, 0.2) is 71.3 Å². The van der Waals surface area contributed by atoms with Crippen molar-refractivity contribution in [1.82, 2.24) is 9.91 Å². The maximum atomic E-state index is 6.07. The summed E-state index contributed by atoms with van der Waals surface area (Å²) in [7, 11) is 0. The molecule has 28 heavy (non-hydrogen) atoms. The van der Waals surface area contributed by atoms with Crippen molar-refractivity contribution in [2.24, 2.45) is 5.84 Å². The van der Waals surface area contributed by atoms with Crippen molar-refractivity contribution < 1.29 is 4.74 Å². The Kier molecular flexibility index (Phi) is 6.37. The standard InChI is InChI=1S/C23H27N3OS/c24-26-18-28-23-12-15-25(14-11-22(23)26)13-5-9-19-8-4-10-21(16-19)27-17-20-6-2-1-3-7-20/h1-10,16H,11-15,17-18,24H2. The van der Waals surface area contributed by atoms with Gasteiger partial charge in [0.05, 0.1) is 5.88 Å². The highest BCUT2D eigenvalue weighted by atomic mass is 32.2. The molecule has 0 aliphatic carbocycles. The van der Waals surface area contributed by atoms with E-state index in [1.807, 2.05) is 47.1 Å². The lowest BCUT2D eigenvalue weighted by Gasteiger charge is -2.20. The molecule has 0 atom stereocenters. The molecule has 2 aromatic rings. The number of rotatable bonds is 6. The van der Waals surface area contributed by atoms with E-state index in [4.69, 9.17) is 10.6 Å². The zero-order valence-corrected chi connectivity index (χ0v) is 16.9. The second-order valence-electron chi connectivity index (χ2n) is 7.16. The highest BCUT2D eigenvalue weighted by Crippen LogP contribution is 2.35. The average Bonchev–Trinajstić information content (AvgIpc) is 2.95. The number of thioether (sulfide) groups is 1. The first kappa shape index (κ1) is 19.1. The molecule has 0 saturated carbocycles. The van der Waals surface area contributed by atoms with Gasteiger partial charge >= 0.3 is 0 Å². The Bertz CT molecular complexity index is 850. The minimum absolute atomic E-state index is 0.593. The Labute approximate surface area is 171 Å². The summed E-state index contributed by atoms with van der Waals surface area (Å²) < 4.78 is 5.93. The molecule has 5 heteroatoms. The topological polar surface area (TPSA) is 41.7 Å². The Hall–Kier alpha value is -2.21. The molecule has 0 fully saturated rings. The monoisotopic (exact) mass is 393 g/mol. The molecule has 0 spiro atoms. The summed E-state index contributed by atoms with van der Waals surface area (Å²) in [4.78, 5) is 3.98. The molecule has 0 amide bonds. The summed E-state index contributed by atoms with van der Waals surface area (Å²) in [6, 6.07) is 18.5. The van der Waals surface area contributed by atoms with Gasteiger partial charge in [0.1, 0.15) is 12.4 Å². The molecule has 0 unspecified atom stereocenters. The molecular formula is C23H27N3OS. The minimum atomic E-state index is 0.593. The summed E-state index contributed by atoms with van der Waals surface area (Å²) in [5, 5.41) is 1.92. The van der Waals surface area contributed by atoms with E-state index in [1.54, 1.807) is 0 Å². The molecule has 0 aromatic heterocycles. The minimum Gasteiger partial charge on any atom is -0.489 e. The molecular weight excluding hydrogens is 366 g/mol. The van der Waals surface area contributed by atoms with Gasteiger partial charge in [0.15, 0.2) is 0 Å². The van der Waals surface area contributed by atoms with Crippen molar-refractivity contribution in [3.05, 3.63) is 82.4 Å². The third-order valence-electron chi connectivity index (χ3n) is 5.15. The summed E-state index contributed by atoms with van der Waals surface area (Å²) in [5.41, 5.74) is 3.70. The number of benzene rings is 2. The molecule has 2 N–H and O–H groups in total. The van der Waals surface area contributed by atoms with E-state index in [1.165, 1.54) is 21.7 Å². The molecule has 2 aromatic carbocycles. The fourth-order valence-electron chi connectivity index (χ4n) is 3.57. The third kappa shape index (κ3) is 4.98. The molecule has 4 rings (SSSR count). The van der Waals surface area contributed by atoms with Gasteiger partial charge in [0, 0.05) is 36.7 Å². The molecule has 2 heterocycles. The van der Waals surface area contributed by atoms with E-state index in [9.17, 15) is 0 Å². The lowest BCUT2D eigenvalue weighted by atomic mass is 10.2. The van der Waals surface area contributed by atoms with Gasteiger partial charge in [-0.3, -0.25) is 4.90 Å². The fourth-order valence-corrected chi connectivity index (χ4v) is 4.65. The van der Waals surface area contributed by atoms with Crippen molar-refractivity contribution in [2.75, 3.05) is 25.5 Å². The number of hydrogen-bond donors (Lipinski definition) is 1. The number of hydrogen-bond acceptors (Lipinski definition) is 5. The number of hydrazine groups is 1. The van der Waals surface area contributed by atoms with Crippen LogP contribution in [0.25, 0.3) is 6.08 Å². The first-order valence-electron chi connectivity index (χ1n) is 9.81. The molecule has 146 valence electrons. The van der Waals surface area contributed by atoms with Gasteiger partial charge < -0.3 is 9.75 Å². The van der Waals surface area contributed by atoms with Crippen LogP contribution in [0.2, 0.25) is 0 Å². The molecule has 0 saturated heterocycles. The highest BCUT2D eigenvalue weighted by Gasteiger charge is 2.24. The van der Waals surface area contributed by atoms with Crippen LogP contribution in [0.4, 0.5) is 0 Å². The zero-order chi connectivity index (χ0) is 19.2. The molecule has 2 aliphatic rings. The molecule has 0 bridgehead atoms. The second-order valence-corrected chi connectivity index (χ2v) is 8.20. The largest absolute Gasteiger partial charge is 0.489 e. The summed E-state index contributed by atoms with van der Waals surface area (Å²) in [5.74, 6) is 7.88. The van der Waals surface area contributed by atoms with Gasteiger partial charge in [0.2, 0.25) is 0 Å². The van der Waals surface area contributed by atoms with Crippen LogP contribution < -0.4 is 10.6 Å². The first-order chi connectivity index (χ1) is 13.8. The van der Waals surface area contributed by atoms with Crippen molar-refractivity contribution in [1.29, 1.82) is 0 Å². The molecule has 0 radical (unpaired) electrons. The number of nitrogens with zero attached hydrogens (tertiary/aromatic N) is 2. The summed E-state index contributed by atoms with van der Waals surface area (Å²) in [6.07, 6.45) is 6.60. The van der Waals surface area contributed by atoms with Gasteiger partial charge in [-0.05, 0) is 29.7 Å². The van der Waals surface area contributed by atoms with Crippen molar-refractivity contribution in [2.45, 2.75) is 19.4 Å². The summed E-state index contributed by atoms with van der Waals surface area (Å²) >= 11 is 1.90. The van der Waals surface area contributed by atoms with E-state index in [0.29, 0.717) is 6.61 Å². The fraction of sp³-hybridized carbons (Fsp3) is 0.304. The van der Waals surface area contributed by atoms with Gasteiger partial charge in [0.25, 0.3) is 0 Å². The quantitative estimate of drug-likeness (QED) is 0.734. The Morgan fingerprint density at radius 1 is 1.04 bits per heavy atom. The lowest BCUT2D eigenvalue weighted by molar-refractivity contribution is 0.306. The van der Waals surface area contributed by atoms with Gasteiger partial charge in [-0.1, -0.05) is 54.6 Å². The SMILES string of the molecule is NN1CSC2=C1CCN(CC=Cc1cccc(OCc3ccccc3)c1)CC2. The summed E-state index contributed by atoms with van der Waals surface area (Å²) in [6.45, 7) is 3.72. The third-order valence-corrected chi connectivity index (χ3v) is 6.34. The average molecular weight is 394 g/mol. The number of ether oxygens (including phenoxy) is 1. The van der Waals surface area contributed by atoms with Gasteiger partial charge in [-0.25, -0.2) is 5.84 Å². The maximum absolute atomic E-state index is 6.07. The van der Waals surface area contributed by atoms with Crippen LogP contribution in [-0.2, 0) is 6.61 Å². The lowest BCUT2D eigenvalue weighted by Crippen LogP contribution is -2.29. The highest BCUT2D eigenvalue weighted by molar-refractivity contribution is 8.03. The Morgan fingerprint density at radius 2 is 1.89 bits per heavy atom. The van der Waals surface area contributed by atoms with E-state index in [-0.39, 0.29) is 0 Å². The van der Waals surface area contributed by atoms with Crippen molar-refractivity contribution >= 4 is 17.8 Å². The normalized spacial score (nSPS) is 17.8. The predicted octanol–water partition coefficient (Wildman–Crippen LogP) is 4.47. The van der Waals surface area contributed by atoms with E-state index < -0.39 is 0 Å². The smallest absolute Gasteiger partial charge is 0.120 e. The van der Waals surface area contributed by atoms with Crippen LogP contribution in [0.5, 0.6) is 5.75 Å². The van der Waals surface area contributed by atoms with E-state index in [2.05, 4.69) is 41.3 Å². The van der Waals surface area contributed by atoms with Gasteiger partial charge in [-0.2, -0.15) is 0 Å². The predicted molar refractivity (Wildman–Crippen MR) is 117 cm³/mol. The second kappa shape index (κ2) is 9.32. The van der Waals surface area contributed by atoms with Crippen molar-refractivity contribution in [3.8, 4) is 5.75 Å². The number of nitrogens with two attached hydrogens (primary N) is 1. The van der Waals surface area contributed by atoms with E-state index in [0.717, 1.165) is 44.1 Å². The van der Waals surface area contributed by atoms with E-state index >= 15 is 0 Å². The van der Waals surface area contributed by atoms with Crippen LogP contribution >= 0.6 is 11.8 Å². The van der Waals surface area contributed by atoms with Gasteiger partial charge in [-0.15, -0.1) is 11.8 Å².